The van der Waals surface area contributed by atoms with Gasteiger partial charge in [0.15, 0.2) is 0 Å². The lowest BCUT2D eigenvalue weighted by atomic mass is 10.2. The summed E-state index contributed by atoms with van der Waals surface area (Å²) >= 11 is 0. The van der Waals surface area contributed by atoms with Crippen molar-refractivity contribution < 1.29 is 14.3 Å². The highest BCUT2D eigenvalue weighted by Crippen LogP contribution is 2.20. The molecule has 94 valence electrons. The standard InChI is InChI=1S/C13H14N2O3/c1-18-13(17)10-15-12(16)8-5-9-14(15)11-6-3-2-4-7-11/h2-7,9H,8,10H2,1H3. The number of hydrazine groups is 1. The number of amides is 1. The second kappa shape index (κ2) is 5.35. The third-order valence-corrected chi connectivity index (χ3v) is 2.61. The zero-order chi connectivity index (χ0) is 13.0. The number of rotatable bonds is 3. The van der Waals surface area contributed by atoms with Gasteiger partial charge in [-0.05, 0) is 12.1 Å². The van der Waals surface area contributed by atoms with E-state index >= 15 is 0 Å². The van der Waals surface area contributed by atoms with Gasteiger partial charge in [0, 0.05) is 12.6 Å². The topological polar surface area (TPSA) is 49.9 Å². The number of ether oxygens (including phenoxy) is 1. The van der Waals surface area contributed by atoms with E-state index in [-0.39, 0.29) is 12.5 Å². The van der Waals surface area contributed by atoms with Gasteiger partial charge in [-0.2, -0.15) is 0 Å². The molecule has 0 aliphatic carbocycles. The van der Waals surface area contributed by atoms with Crippen LogP contribution in [0.2, 0.25) is 0 Å². The lowest BCUT2D eigenvalue weighted by Gasteiger charge is -2.35. The molecule has 1 aliphatic heterocycles. The van der Waals surface area contributed by atoms with Crippen LogP contribution in [-0.4, -0.2) is 30.5 Å². The predicted octanol–water partition coefficient (Wildman–Crippen LogP) is 1.33. The lowest BCUT2D eigenvalue weighted by Crippen LogP contribution is -2.48. The third-order valence-electron chi connectivity index (χ3n) is 2.61. The Labute approximate surface area is 105 Å². The highest BCUT2D eigenvalue weighted by atomic mass is 16.5. The number of anilines is 1. The van der Waals surface area contributed by atoms with Crippen LogP contribution in [0.5, 0.6) is 0 Å². The number of esters is 1. The second-order valence-corrected chi connectivity index (χ2v) is 3.80. The number of hydrogen-bond donors (Lipinski definition) is 0. The summed E-state index contributed by atoms with van der Waals surface area (Å²) in [6.07, 6.45) is 3.84. The van der Waals surface area contributed by atoms with E-state index in [1.54, 1.807) is 17.3 Å². The van der Waals surface area contributed by atoms with Crippen LogP contribution in [0.3, 0.4) is 0 Å². The molecule has 0 aromatic heterocycles. The summed E-state index contributed by atoms with van der Waals surface area (Å²) < 4.78 is 4.60. The lowest BCUT2D eigenvalue weighted by molar-refractivity contribution is -0.147. The molecule has 1 amide bonds. The van der Waals surface area contributed by atoms with Gasteiger partial charge in [-0.3, -0.25) is 14.6 Å². The first-order valence-electron chi connectivity index (χ1n) is 5.60. The van der Waals surface area contributed by atoms with Crippen LogP contribution >= 0.6 is 0 Å². The average Bonchev–Trinajstić information content (AvgIpc) is 2.42. The molecule has 0 unspecified atom stereocenters. The highest BCUT2D eigenvalue weighted by Gasteiger charge is 2.25. The minimum absolute atomic E-state index is 0.0887. The predicted molar refractivity (Wildman–Crippen MR) is 66.4 cm³/mol. The van der Waals surface area contributed by atoms with Gasteiger partial charge in [0.1, 0.15) is 6.54 Å². The van der Waals surface area contributed by atoms with Gasteiger partial charge in [-0.25, -0.2) is 5.01 Å². The zero-order valence-corrected chi connectivity index (χ0v) is 10.1. The van der Waals surface area contributed by atoms with Gasteiger partial charge >= 0.3 is 5.97 Å². The van der Waals surface area contributed by atoms with Gasteiger partial charge in [-0.15, -0.1) is 0 Å². The van der Waals surface area contributed by atoms with E-state index in [0.29, 0.717) is 6.42 Å². The molecule has 1 aliphatic rings. The van der Waals surface area contributed by atoms with Crippen LogP contribution in [0.25, 0.3) is 0 Å². The van der Waals surface area contributed by atoms with Crippen LogP contribution in [0.4, 0.5) is 5.69 Å². The minimum atomic E-state index is -0.445. The molecule has 0 radical (unpaired) electrons. The van der Waals surface area contributed by atoms with E-state index in [2.05, 4.69) is 4.74 Å². The maximum absolute atomic E-state index is 11.9. The summed E-state index contributed by atoms with van der Waals surface area (Å²) in [4.78, 5) is 23.2. The van der Waals surface area contributed by atoms with Gasteiger partial charge in [0.05, 0.1) is 12.8 Å². The SMILES string of the molecule is COC(=O)CN1C(=O)CC=CN1c1ccccc1. The molecule has 0 bridgehead atoms. The van der Waals surface area contributed by atoms with E-state index in [0.717, 1.165) is 5.69 Å². The normalized spacial score (nSPS) is 14.8. The van der Waals surface area contributed by atoms with Crippen molar-refractivity contribution in [1.82, 2.24) is 5.01 Å². The first kappa shape index (κ1) is 12.2. The Bertz CT molecular complexity index is 470. The van der Waals surface area contributed by atoms with Crippen LogP contribution in [-0.2, 0) is 14.3 Å². The maximum Gasteiger partial charge on any atom is 0.327 e. The fraction of sp³-hybridized carbons (Fsp3) is 0.231. The molecule has 0 saturated carbocycles. The molecular formula is C13H14N2O3. The van der Waals surface area contributed by atoms with Crippen molar-refractivity contribution >= 4 is 17.6 Å². The van der Waals surface area contributed by atoms with Crippen LogP contribution in [0, 0.1) is 0 Å². The fourth-order valence-corrected chi connectivity index (χ4v) is 1.72. The monoisotopic (exact) mass is 246 g/mol. The number of para-hydroxylation sites is 1. The number of carbonyl (C=O) groups is 2. The number of carbonyl (C=O) groups excluding carboxylic acids is 2. The summed E-state index contributed by atoms with van der Waals surface area (Å²) in [5.41, 5.74) is 0.825. The van der Waals surface area contributed by atoms with Crippen molar-refractivity contribution in [3.8, 4) is 0 Å². The fourth-order valence-electron chi connectivity index (χ4n) is 1.72. The number of methoxy groups -OCH3 is 1. The summed E-state index contributed by atoms with van der Waals surface area (Å²) in [5.74, 6) is -0.577. The van der Waals surface area contributed by atoms with Gasteiger partial charge in [-0.1, -0.05) is 24.3 Å². The van der Waals surface area contributed by atoms with Crippen molar-refractivity contribution in [3.63, 3.8) is 0 Å². The van der Waals surface area contributed by atoms with E-state index in [4.69, 9.17) is 0 Å². The zero-order valence-electron chi connectivity index (χ0n) is 10.1. The molecule has 0 N–H and O–H groups in total. The molecule has 5 heteroatoms. The molecule has 0 atom stereocenters. The Morgan fingerprint density at radius 2 is 2.06 bits per heavy atom. The first-order chi connectivity index (χ1) is 8.72. The van der Waals surface area contributed by atoms with Crippen molar-refractivity contribution in [2.75, 3.05) is 18.7 Å². The van der Waals surface area contributed by atoms with E-state index in [1.165, 1.54) is 12.1 Å². The number of hydrogen-bond acceptors (Lipinski definition) is 4. The van der Waals surface area contributed by atoms with Crippen LogP contribution in [0.1, 0.15) is 6.42 Å². The summed E-state index contributed by atoms with van der Waals surface area (Å²) in [6, 6.07) is 9.38. The molecular weight excluding hydrogens is 232 g/mol. The molecule has 2 rings (SSSR count). The number of nitrogens with zero attached hydrogens (tertiary/aromatic N) is 2. The Balaban J connectivity index is 2.25. The molecule has 5 nitrogen and oxygen atoms in total. The highest BCUT2D eigenvalue weighted by molar-refractivity contribution is 5.86. The van der Waals surface area contributed by atoms with Crippen molar-refractivity contribution in [1.29, 1.82) is 0 Å². The Kier molecular flexibility index (Phi) is 3.62. The van der Waals surface area contributed by atoms with Crippen molar-refractivity contribution in [2.45, 2.75) is 6.42 Å². The number of benzene rings is 1. The molecule has 18 heavy (non-hydrogen) atoms. The molecule has 1 heterocycles. The van der Waals surface area contributed by atoms with Crippen molar-refractivity contribution in [3.05, 3.63) is 42.6 Å². The van der Waals surface area contributed by atoms with Gasteiger partial charge in [0.2, 0.25) is 5.91 Å². The largest absolute Gasteiger partial charge is 0.468 e. The summed E-state index contributed by atoms with van der Waals surface area (Å²) in [6.45, 7) is -0.0887. The quantitative estimate of drug-likeness (QED) is 0.755. The molecule has 0 spiro atoms. The smallest absolute Gasteiger partial charge is 0.327 e. The van der Waals surface area contributed by atoms with E-state index < -0.39 is 5.97 Å². The minimum Gasteiger partial charge on any atom is -0.468 e. The van der Waals surface area contributed by atoms with Gasteiger partial charge in [0.25, 0.3) is 0 Å². The third kappa shape index (κ3) is 2.51. The molecule has 1 aromatic rings. The summed E-state index contributed by atoms with van der Waals surface area (Å²) in [7, 11) is 1.31. The average molecular weight is 246 g/mol. The molecule has 1 aromatic carbocycles. The summed E-state index contributed by atoms with van der Waals surface area (Å²) in [5, 5.41) is 3.03. The second-order valence-electron chi connectivity index (χ2n) is 3.80. The van der Waals surface area contributed by atoms with Gasteiger partial charge < -0.3 is 4.74 Å². The Hall–Kier alpha value is -2.30. The van der Waals surface area contributed by atoms with Crippen LogP contribution < -0.4 is 5.01 Å². The van der Waals surface area contributed by atoms with Crippen molar-refractivity contribution in [2.24, 2.45) is 0 Å². The molecule has 0 saturated heterocycles. The maximum atomic E-state index is 11.9. The Morgan fingerprint density at radius 1 is 1.33 bits per heavy atom. The first-order valence-corrected chi connectivity index (χ1v) is 5.60. The Morgan fingerprint density at radius 3 is 2.72 bits per heavy atom. The molecule has 0 fully saturated rings. The van der Waals surface area contributed by atoms with Crippen LogP contribution in [0.15, 0.2) is 42.6 Å². The van der Waals surface area contributed by atoms with E-state index in [9.17, 15) is 9.59 Å². The van der Waals surface area contributed by atoms with E-state index in [1.807, 2.05) is 30.3 Å².